The van der Waals surface area contributed by atoms with Gasteiger partial charge in [0.1, 0.15) is 5.82 Å². The monoisotopic (exact) mass is 445 g/mol. The summed E-state index contributed by atoms with van der Waals surface area (Å²) < 4.78 is 1.90. The second kappa shape index (κ2) is 10.2. The average molecular weight is 446 g/mol. The molecule has 0 fully saturated rings. The zero-order valence-electron chi connectivity index (χ0n) is 18.8. The van der Waals surface area contributed by atoms with E-state index in [1.54, 1.807) is 0 Å². The first-order valence-electron chi connectivity index (χ1n) is 11.2. The van der Waals surface area contributed by atoms with Crippen LogP contribution in [0.15, 0.2) is 48.5 Å². The number of nitrogens with one attached hydrogen (secondary N) is 1. The first kappa shape index (κ1) is 22.3. The fourth-order valence-electron chi connectivity index (χ4n) is 3.87. The Bertz CT molecular complexity index is 1200. The van der Waals surface area contributed by atoms with Gasteiger partial charge in [-0.05, 0) is 40.0 Å². The number of aliphatic carboxylic acids is 1. The molecular weight excluding hydrogens is 418 g/mol. The summed E-state index contributed by atoms with van der Waals surface area (Å²) in [5, 5.41) is 28.2. The molecule has 2 heterocycles. The fourth-order valence-corrected chi connectivity index (χ4v) is 3.87. The lowest BCUT2D eigenvalue weighted by Crippen LogP contribution is -2.15. The molecule has 9 nitrogen and oxygen atoms in total. The van der Waals surface area contributed by atoms with Crippen molar-refractivity contribution < 1.29 is 9.90 Å². The predicted molar refractivity (Wildman–Crippen MR) is 123 cm³/mol. The maximum Gasteiger partial charge on any atom is 0.306 e. The molecule has 2 aromatic carbocycles. The minimum atomic E-state index is -0.753. The number of nitrogens with zero attached hydrogens (tertiary/aromatic N) is 6. The van der Waals surface area contributed by atoms with Gasteiger partial charge in [0, 0.05) is 18.4 Å². The summed E-state index contributed by atoms with van der Waals surface area (Å²) in [6, 6.07) is 16.3. The van der Waals surface area contributed by atoms with Gasteiger partial charge in [0.25, 0.3) is 0 Å². The maximum absolute atomic E-state index is 11.4. The molecule has 0 saturated heterocycles. The highest BCUT2D eigenvalue weighted by Crippen LogP contribution is 2.29. The Balaban J connectivity index is 1.54. The van der Waals surface area contributed by atoms with Crippen LogP contribution in [0.1, 0.15) is 43.9 Å². The quantitative estimate of drug-likeness (QED) is 0.381. The number of carboxylic acid groups (broad SMARTS) is 1. The van der Waals surface area contributed by atoms with E-state index in [4.69, 9.17) is 0 Å². The van der Waals surface area contributed by atoms with Gasteiger partial charge < -0.3 is 5.11 Å². The topological polar surface area (TPSA) is 122 Å². The molecule has 0 amide bonds. The molecule has 0 aliphatic heterocycles. The normalized spacial score (nSPS) is 12.1. The van der Waals surface area contributed by atoms with E-state index < -0.39 is 5.97 Å². The van der Waals surface area contributed by atoms with E-state index >= 15 is 0 Å². The van der Waals surface area contributed by atoms with Crippen molar-refractivity contribution in [2.24, 2.45) is 5.92 Å². The van der Waals surface area contributed by atoms with E-state index in [2.05, 4.69) is 55.0 Å². The lowest BCUT2D eigenvalue weighted by Gasteiger charge is -2.11. The Kier molecular flexibility index (Phi) is 6.87. The molecule has 4 rings (SSSR count). The van der Waals surface area contributed by atoms with E-state index in [-0.39, 0.29) is 5.92 Å². The van der Waals surface area contributed by atoms with E-state index in [1.807, 2.05) is 42.8 Å². The molecule has 1 atom stereocenters. The van der Waals surface area contributed by atoms with Crippen molar-refractivity contribution in [1.82, 2.24) is 35.4 Å². The van der Waals surface area contributed by atoms with Gasteiger partial charge in [-0.15, -0.1) is 5.10 Å². The van der Waals surface area contributed by atoms with Crippen LogP contribution in [0, 0.1) is 5.92 Å². The van der Waals surface area contributed by atoms with Gasteiger partial charge in [0.05, 0.1) is 12.5 Å². The Hall–Kier alpha value is -3.88. The van der Waals surface area contributed by atoms with Crippen LogP contribution in [0.25, 0.3) is 22.5 Å². The summed E-state index contributed by atoms with van der Waals surface area (Å²) in [5.41, 5.74) is 4.13. The minimum absolute atomic E-state index is 0.362. The van der Waals surface area contributed by atoms with Gasteiger partial charge in [0.2, 0.25) is 0 Å². The molecular formula is C24H27N7O2. The molecule has 2 aromatic heterocycles. The number of rotatable bonds is 10. The minimum Gasteiger partial charge on any atom is -0.481 e. The third kappa shape index (κ3) is 5.14. The third-order valence-corrected chi connectivity index (χ3v) is 5.79. The van der Waals surface area contributed by atoms with Gasteiger partial charge in [-0.25, -0.2) is 14.8 Å². The van der Waals surface area contributed by atoms with Crippen LogP contribution in [-0.4, -0.2) is 46.5 Å². The summed E-state index contributed by atoms with van der Waals surface area (Å²) in [7, 11) is 0. The molecule has 9 heteroatoms. The van der Waals surface area contributed by atoms with Crippen LogP contribution in [-0.2, 0) is 24.2 Å². The molecule has 170 valence electrons. The van der Waals surface area contributed by atoms with Crippen molar-refractivity contribution >= 4 is 5.97 Å². The number of aryl methyl sites for hydroxylation is 2. The molecule has 33 heavy (non-hydrogen) atoms. The van der Waals surface area contributed by atoms with Gasteiger partial charge in [-0.2, -0.15) is 5.10 Å². The highest BCUT2D eigenvalue weighted by molar-refractivity contribution is 5.80. The zero-order chi connectivity index (χ0) is 23.2. The average Bonchev–Trinajstić information content (AvgIpc) is 3.50. The Morgan fingerprint density at radius 2 is 1.85 bits per heavy atom. The number of aromatic amines is 1. The molecule has 0 aliphatic carbocycles. The lowest BCUT2D eigenvalue weighted by atomic mass is 9.98. The van der Waals surface area contributed by atoms with Gasteiger partial charge in [-0.1, -0.05) is 62.4 Å². The molecule has 1 unspecified atom stereocenters. The smallest absolute Gasteiger partial charge is 0.306 e. The SMILES string of the molecule is CCc1nc(CCC(CC)C(=O)O)n(Cc2ccc(-c3ccccc3-c3nnn[nH]3)cc2)n1. The van der Waals surface area contributed by atoms with Gasteiger partial charge >= 0.3 is 5.97 Å². The molecule has 0 spiro atoms. The van der Waals surface area contributed by atoms with E-state index in [9.17, 15) is 9.90 Å². The van der Waals surface area contributed by atoms with Crippen molar-refractivity contribution in [3.8, 4) is 22.5 Å². The number of hydrogen-bond donors (Lipinski definition) is 2. The summed E-state index contributed by atoms with van der Waals surface area (Å²) in [6.07, 6.45) is 2.49. The number of benzene rings is 2. The number of hydrogen-bond acceptors (Lipinski definition) is 6. The Labute approximate surface area is 191 Å². The second-order valence-electron chi connectivity index (χ2n) is 7.93. The Morgan fingerprint density at radius 1 is 1.09 bits per heavy atom. The first-order chi connectivity index (χ1) is 16.1. The summed E-state index contributed by atoms with van der Waals surface area (Å²) >= 11 is 0. The van der Waals surface area contributed by atoms with Crippen molar-refractivity contribution in [3.63, 3.8) is 0 Å². The number of carboxylic acids is 1. The fraction of sp³-hybridized carbons (Fsp3) is 0.333. The molecule has 0 bridgehead atoms. The number of H-pyrrole nitrogens is 1. The van der Waals surface area contributed by atoms with Gasteiger partial charge in [0.15, 0.2) is 11.6 Å². The molecule has 4 aromatic rings. The standard InChI is InChI=1S/C24H27N7O2/c1-3-17(24(32)33)13-14-22-25-21(4-2)28-31(22)15-16-9-11-18(12-10-16)19-7-5-6-8-20(19)23-26-29-30-27-23/h5-12,17H,3-4,13-15H2,1-2H3,(H,32,33)(H,26,27,29,30). The van der Waals surface area contributed by atoms with Crippen molar-refractivity contribution in [2.75, 3.05) is 0 Å². The van der Waals surface area contributed by atoms with Crippen LogP contribution in [0.3, 0.4) is 0 Å². The maximum atomic E-state index is 11.4. The van der Waals surface area contributed by atoms with E-state index in [0.717, 1.165) is 40.3 Å². The van der Waals surface area contributed by atoms with E-state index in [1.165, 1.54) is 0 Å². The van der Waals surface area contributed by atoms with E-state index in [0.29, 0.717) is 31.6 Å². The van der Waals surface area contributed by atoms with Crippen LogP contribution < -0.4 is 0 Å². The zero-order valence-corrected chi connectivity index (χ0v) is 18.8. The molecule has 0 saturated carbocycles. The third-order valence-electron chi connectivity index (χ3n) is 5.79. The largest absolute Gasteiger partial charge is 0.481 e. The second-order valence-corrected chi connectivity index (χ2v) is 7.93. The molecule has 0 aliphatic rings. The number of carbonyl (C=O) groups is 1. The summed E-state index contributed by atoms with van der Waals surface area (Å²) in [4.78, 5) is 16.0. The van der Waals surface area contributed by atoms with Crippen LogP contribution in [0.2, 0.25) is 0 Å². The van der Waals surface area contributed by atoms with Crippen molar-refractivity contribution in [1.29, 1.82) is 0 Å². The lowest BCUT2D eigenvalue weighted by molar-refractivity contribution is -0.142. The first-order valence-corrected chi connectivity index (χ1v) is 11.2. The highest BCUT2D eigenvalue weighted by atomic mass is 16.4. The van der Waals surface area contributed by atoms with Crippen LogP contribution >= 0.6 is 0 Å². The van der Waals surface area contributed by atoms with Gasteiger partial charge in [-0.3, -0.25) is 4.79 Å². The van der Waals surface area contributed by atoms with Crippen molar-refractivity contribution in [2.45, 2.75) is 46.1 Å². The summed E-state index contributed by atoms with van der Waals surface area (Å²) in [5.74, 6) is 1.12. The summed E-state index contributed by atoms with van der Waals surface area (Å²) in [6.45, 7) is 4.51. The molecule has 0 radical (unpaired) electrons. The molecule has 2 N–H and O–H groups in total. The number of tetrazole rings is 1. The van der Waals surface area contributed by atoms with Crippen molar-refractivity contribution in [3.05, 3.63) is 65.7 Å². The van der Waals surface area contributed by atoms with Crippen LogP contribution in [0.4, 0.5) is 0 Å². The van der Waals surface area contributed by atoms with Crippen LogP contribution in [0.5, 0.6) is 0 Å². The highest BCUT2D eigenvalue weighted by Gasteiger charge is 2.18. The Morgan fingerprint density at radius 3 is 2.48 bits per heavy atom. The predicted octanol–water partition coefficient (Wildman–Crippen LogP) is 3.78. The number of aromatic nitrogens is 7.